The van der Waals surface area contributed by atoms with E-state index in [4.69, 9.17) is 0 Å². The molecule has 1 saturated heterocycles. The minimum atomic E-state index is 0.0851. The second-order valence-corrected chi connectivity index (χ2v) is 8.04. The molecular formula is C13H12BrN3OS2. The number of hydrogen-bond acceptors (Lipinski definition) is 5. The number of nitrogens with zero attached hydrogens (tertiary/aromatic N) is 3. The topological polar surface area (TPSA) is 46.1 Å². The van der Waals surface area contributed by atoms with Gasteiger partial charge in [-0.15, -0.1) is 23.1 Å². The van der Waals surface area contributed by atoms with Gasteiger partial charge in [0.15, 0.2) is 0 Å². The number of amides is 1. The van der Waals surface area contributed by atoms with E-state index in [-0.39, 0.29) is 11.3 Å². The van der Waals surface area contributed by atoms with Crippen LogP contribution >= 0.6 is 39.0 Å². The molecule has 7 heteroatoms. The van der Waals surface area contributed by atoms with E-state index in [9.17, 15) is 4.79 Å². The van der Waals surface area contributed by atoms with Crippen molar-refractivity contribution in [1.29, 1.82) is 0 Å². The van der Waals surface area contributed by atoms with E-state index in [1.54, 1.807) is 35.5 Å². The molecule has 1 aliphatic rings. The fourth-order valence-electron chi connectivity index (χ4n) is 2.00. The van der Waals surface area contributed by atoms with Crippen molar-refractivity contribution in [2.45, 2.75) is 18.8 Å². The molecule has 0 bridgehead atoms. The smallest absolute Gasteiger partial charge is 0.234 e. The number of halogens is 1. The van der Waals surface area contributed by atoms with Crippen LogP contribution in [0, 0.1) is 6.92 Å². The van der Waals surface area contributed by atoms with Crippen molar-refractivity contribution < 1.29 is 4.79 Å². The van der Waals surface area contributed by atoms with Crippen LogP contribution in [0.15, 0.2) is 28.3 Å². The van der Waals surface area contributed by atoms with Gasteiger partial charge in [0.05, 0.1) is 33.7 Å². The Morgan fingerprint density at radius 1 is 1.40 bits per heavy atom. The molecule has 1 fully saturated rings. The summed E-state index contributed by atoms with van der Waals surface area (Å²) in [5.74, 6) is 0.686. The molecule has 0 aromatic carbocycles. The molecule has 1 amide bonds. The zero-order valence-electron chi connectivity index (χ0n) is 10.7. The summed E-state index contributed by atoms with van der Waals surface area (Å²) in [4.78, 5) is 23.7. The largest absolute Gasteiger partial charge is 0.319 e. The highest BCUT2D eigenvalue weighted by Crippen LogP contribution is 2.42. The highest BCUT2D eigenvalue weighted by atomic mass is 79.9. The average molecular weight is 370 g/mol. The maximum absolute atomic E-state index is 12.1. The van der Waals surface area contributed by atoms with Gasteiger partial charge in [-0.3, -0.25) is 14.8 Å². The molecule has 0 spiro atoms. The highest BCUT2D eigenvalue weighted by Gasteiger charge is 2.33. The first-order valence-corrected chi connectivity index (χ1v) is 8.73. The summed E-state index contributed by atoms with van der Waals surface area (Å²) >= 11 is 6.81. The van der Waals surface area contributed by atoms with E-state index in [2.05, 4.69) is 32.0 Å². The van der Waals surface area contributed by atoms with E-state index >= 15 is 0 Å². The maximum Gasteiger partial charge on any atom is 0.234 e. The summed E-state index contributed by atoms with van der Waals surface area (Å²) in [5, 5.41) is 0.0851. The van der Waals surface area contributed by atoms with E-state index in [1.165, 1.54) is 4.88 Å². The van der Waals surface area contributed by atoms with E-state index in [0.717, 1.165) is 15.2 Å². The van der Waals surface area contributed by atoms with Gasteiger partial charge in [-0.25, -0.2) is 0 Å². The number of carbonyl (C=O) groups excluding carboxylic acids is 1. The predicted octanol–water partition coefficient (Wildman–Crippen LogP) is 3.38. The molecule has 0 aliphatic carbocycles. The summed E-state index contributed by atoms with van der Waals surface area (Å²) in [6, 6.07) is 4.09. The van der Waals surface area contributed by atoms with E-state index < -0.39 is 0 Å². The molecule has 2 aromatic rings. The molecule has 20 heavy (non-hydrogen) atoms. The minimum absolute atomic E-state index is 0.0851. The van der Waals surface area contributed by atoms with Crippen LogP contribution in [0.1, 0.15) is 21.6 Å². The molecule has 2 aromatic heterocycles. The molecule has 3 heterocycles. The fourth-order valence-corrected chi connectivity index (χ4v) is 4.85. The molecular weight excluding hydrogens is 358 g/mol. The van der Waals surface area contributed by atoms with Gasteiger partial charge >= 0.3 is 0 Å². The van der Waals surface area contributed by atoms with Crippen LogP contribution in [0.5, 0.6) is 0 Å². The van der Waals surface area contributed by atoms with Gasteiger partial charge < -0.3 is 4.90 Å². The van der Waals surface area contributed by atoms with Crippen molar-refractivity contribution >= 4 is 44.9 Å². The van der Waals surface area contributed by atoms with Crippen molar-refractivity contribution in [3.63, 3.8) is 0 Å². The van der Waals surface area contributed by atoms with Crippen LogP contribution in [0.4, 0.5) is 0 Å². The summed E-state index contributed by atoms with van der Waals surface area (Å²) in [6.07, 6.45) is 3.48. The van der Waals surface area contributed by atoms with E-state index in [0.29, 0.717) is 12.3 Å². The normalized spacial score (nSPS) is 18.8. The van der Waals surface area contributed by atoms with Crippen molar-refractivity contribution in [1.82, 2.24) is 14.9 Å². The highest BCUT2D eigenvalue weighted by molar-refractivity contribution is 9.11. The number of hydrogen-bond donors (Lipinski definition) is 0. The zero-order valence-corrected chi connectivity index (χ0v) is 14.0. The predicted molar refractivity (Wildman–Crippen MR) is 84.5 cm³/mol. The Bertz CT molecular complexity index is 629. The van der Waals surface area contributed by atoms with Crippen LogP contribution in [0.3, 0.4) is 0 Å². The number of thiophene rings is 1. The first kappa shape index (κ1) is 14.0. The van der Waals surface area contributed by atoms with Crippen molar-refractivity contribution in [2.24, 2.45) is 0 Å². The van der Waals surface area contributed by atoms with Crippen LogP contribution < -0.4 is 0 Å². The second-order valence-electron chi connectivity index (χ2n) is 4.48. The minimum Gasteiger partial charge on any atom is -0.319 e. The molecule has 1 aliphatic heterocycles. The van der Waals surface area contributed by atoms with Gasteiger partial charge in [0.25, 0.3) is 0 Å². The summed E-state index contributed by atoms with van der Waals surface area (Å²) in [6.45, 7) is 2.42. The summed E-state index contributed by atoms with van der Waals surface area (Å²) in [7, 11) is 0. The molecule has 0 radical (unpaired) electrons. The third-order valence-corrected chi connectivity index (χ3v) is 6.04. The molecule has 0 N–H and O–H groups in total. The number of aryl methyl sites for hydroxylation is 1. The van der Waals surface area contributed by atoms with Gasteiger partial charge in [0, 0.05) is 11.1 Å². The van der Waals surface area contributed by atoms with Gasteiger partial charge in [-0.1, -0.05) is 0 Å². The van der Waals surface area contributed by atoms with Crippen LogP contribution in [0.2, 0.25) is 0 Å². The lowest BCUT2D eigenvalue weighted by molar-refractivity contribution is -0.128. The molecule has 4 nitrogen and oxygen atoms in total. The summed E-state index contributed by atoms with van der Waals surface area (Å²) in [5.41, 5.74) is 1.71. The van der Waals surface area contributed by atoms with Crippen LogP contribution in [-0.2, 0) is 11.3 Å². The maximum atomic E-state index is 12.1. The van der Waals surface area contributed by atoms with Gasteiger partial charge in [-0.2, -0.15) is 0 Å². The lowest BCUT2D eigenvalue weighted by Crippen LogP contribution is -2.27. The lowest BCUT2D eigenvalue weighted by Gasteiger charge is -2.22. The molecule has 104 valence electrons. The summed E-state index contributed by atoms with van der Waals surface area (Å²) < 4.78 is 1.09. The number of thioether (sulfide) groups is 1. The van der Waals surface area contributed by atoms with Crippen LogP contribution in [-0.4, -0.2) is 26.5 Å². The molecule has 1 unspecified atom stereocenters. The monoisotopic (exact) mass is 369 g/mol. The van der Waals surface area contributed by atoms with Gasteiger partial charge in [0.2, 0.25) is 5.91 Å². The van der Waals surface area contributed by atoms with Crippen LogP contribution in [0.25, 0.3) is 0 Å². The van der Waals surface area contributed by atoms with Crippen molar-refractivity contribution in [2.75, 3.05) is 5.75 Å². The Hall–Kier alpha value is -0.920. The second kappa shape index (κ2) is 5.83. The van der Waals surface area contributed by atoms with Crippen molar-refractivity contribution in [3.8, 4) is 0 Å². The number of aromatic nitrogens is 2. The fraction of sp³-hybridized carbons (Fsp3) is 0.308. The number of carbonyl (C=O) groups is 1. The van der Waals surface area contributed by atoms with Crippen molar-refractivity contribution in [3.05, 3.63) is 44.6 Å². The quantitative estimate of drug-likeness (QED) is 0.831. The molecule has 0 saturated carbocycles. The van der Waals surface area contributed by atoms with E-state index in [1.807, 2.05) is 17.9 Å². The lowest BCUT2D eigenvalue weighted by atomic mass is 10.3. The standard InChI is InChI=1S/C13H12BrN3OS2/c1-8-4-16-9(5-15-8)6-17-12(18)7-19-13(17)10-2-3-11(14)20-10/h2-5,13H,6-7H2,1H3. The number of rotatable bonds is 3. The Labute approximate surface area is 133 Å². The Kier molecular flexibility index (Phi) is 4.09. The Morgan fingerprint density at radius 2 is 2.25 bits per heavy atom. The van der Waals surface area contributed by atoms with Gasteiger partial charge in [-0.05, 0) is 35.0 Å². The molecule has 1 atom stereocenters. The third-order valence-electron chi connectivity index (χ3n) is 2.97. The first-order chi connectivity index (χ1) is 9.63. The Balaban J connectivity index is 1.82. The zero-order chi connectivity index (χ0) is 14.1. The SMILES string of the molecule is Cc1cnc(CN2C(=O)CSC2c2ccc(Br)s2)cn1. The molecule has 3 rings (SSSR count). The third kappa shape index (κ3) is 2.89. The average Bonchev–Trinajstić information content (AvgIpc) is 3.00. The van der Waals surface area contributed by atoms with Gasteiger partial charge in [0.1, 0.15) is 5.37 Å². The first-order valence-electron chi connectivity index (χ1n) is 6.07. The Morgan fingerprint density at radius 3 is 2.90 bits per heavy atom.